The molecule has 41 heavy (non-hydrogen) atoms. The molecule has 1 saturated heterocycles. The van der Waals surface area contributed by atoms with Crippen LogP contribution in [-0.4, -0.2) is 54.9 Å². The number of rotatable bonds is 11. The fourth-order valence-corrected chi connectivity index (χ4v) is 6.57. The van der Waals surface area contributed by atoms with Crippen molar-refractivity contribution in [3.05, 3.63) is 54.7 Å². The molecule has 0 amide bonds. The van der Waals surface area contributed by atoms with E-state index in [1.165, 1.54) is 31.9 Å². The number of hydrogen-bond acceptors (Lipinski definition) is 8. The van der Waals surface area contributed by atoms with Crippen LogP contribution in [0.5, 0.6) is 5.88 Å². The Bertz CT molecular complexity index is 1510. The number of ether oxygens (including phenoxy) is 1. The number of sulfonamides is 1. The number of anilines is 1. The number of carbonyl (C=O) groups is 1. The second kappa shape index (κ2) is 11.1. The van der Waals surface area contributed by atoms with Crippen LogP contribution in [0, 0.1) is 11.3 Å². The van der Waals surface area contributed by atoms with Crippen LogP contribution in [0.3, 0.4) is 0 Å². The first kappa shape index (κ1) is 29.1. The second-order valence-corrected chi connectivity index (χ2v) is 14.0. The topological polar surface area (TPSA) is 116 Å². The highest BCUT2D eigenvalue weighted by Gasteiger charge is 2.42. The van der Waals surface area contributed by atoms with Gasteiger partial charge in [-0.1, -0.05) is 38.1 Å². The molecule has 12 heteroatoms. The van der Waals surface area contributed by atoms with Gasteiger partial charge < -0.3 is 14.3 Å². The third kappa shape index (κ3) is 6.75. The summed E-state index contributed by atoms with van der Waals surface area (Å²) in [5, 5.41) is 4.58. The van der Waals surface area contributed by atoms with E-state index in [0.29, 0.717) is 47.5 Å². The van der Waals surface area contributed by atoms with E-state index in [1.807, 2.05) is 6.07 Å². The van der Waals surface area contributed by atoms with Crippen LogP contribution in [0.2, 0.25) is 0 Å². The summed E-state index contributed by atoms with van der Waals surface area (Å²) in [6, 6.07) is 13.3. The highest BCUT2D eigenvalue weighted by Crippen LogP contribution is 2.47. The number of hydrogen-bond donors (Lipinski definition) is 1. The number of benzene rings is 1. The molecule has 2 aromatic heterocycles. The molecule has 0 spiro atoms. The zero-order valence-corrected chi connectivity index (χ0v) is 25.1. The second-order valence-electron chi connectivity index (χ2n) is 12.2. The van der Waals surface area contributed by atoms with Crippen molar-refractivity contribution in [1.82, 2.24) is 19.4 Å². The Hall–Kier alpha value is -3.38. The smallest absolute Gasteiger partial charge is 0.502 e. The summed E-state index contributed by atoms with van der Waals surface area (Å²) in [5.41, 5.74) is 0.567. The van der Waals surface area contributed by atoms with Gasteiger partial charge in [0.1, 0.15) is 5.82 Å². The third-order valence-electron chi connectivity index (χ3n) is 7.96. The van der Waals surface area contributed by atoms with Crippen molar-refractivity contribution in [3.8, 4) is 11.7 Å². The summed E-state index contributed by atoms with van der Waals surface area (Å²) in [6.07, 6.45) is 6.19. The number of aromatic nitrogens is 3. The van der Waals surface area contributed by atoms with Crippen LogP contribution in [0.15, 0.2) is 59.6 Å². The lowest BCUT2D eigenvalue weighted by molar-refractivity contribution is -0.132. The molecular formula is C29H38BN5O5S. The Morgan fingerprint density at radius 1 is 1.12 bits per heavy atom. The first-order valence-corrected chi connectivity index (χ1v) is 15.6. The summed E-state index contributed by atoms with van der Waals surface area (Å²) in [4.78, 5) is 19.4. The summed E-state index contributed by atoms with van der Waals surface area (Å²) in [5.74, 6) is 1.34. The van der Waals surface area contributed by atoms with Crippen molar-refractivity contribution in [2.24, 2.45) is 11.3 Å². The number of nitrogens with one attached hydrogen (secondary N) is 1. The molecule has 3 aromatic rings. The van der Waals surface area contributed by atoms with Crippen molar-refractivity contribution in [2.45, 2.75) is 70.7 Å². The van der Waals surface area contributed by atoms with Gasteiger partial charge in [0.2, 0.25) is 15.9 Å². The van der Waals surface area contributed by atoms with E-state index in [1.54, 1.807) is 41.2 Å². The Morgan fingerprint density at radius 3 is 2.49 bits per heavy atom. The molecule has 0 unspecified atom stereocenters. The Morgan fingerprint density at radius 2 is 1.85 bits per heavy atom. The minimum Gasteiger partial charge on any atom is -0.515 e. The molecule has 218 valence electrons. The van der Waals surface area contributed by atoms with Crippen molar-refractivity contribution >= 4 is 34.3 Å². The fraction of sp³-hybridized carbons (Fsp3) is 0.483. The number of carbonyl (C=O) groups excluding carboxylic acids is 1. The molecular weight excluding hydrogens is 541 g/mol. The summed E-state index contributed by atoms with van der Waals surface area (Å²) in [7, 11) is -5.31. The van der Waals surface area contributed by atoms with Crippen LogP contribution in [-0.2, 0) is 19.5 Å². The monoisotopic (exact) mass is 579 g/mol. The van der Waals surface area contributed by atoms with Gasteiger partial charge in [0, 0.05) is 36.7 Å². The minimum absolute atomic E-state index is 0.0677. The van der Waals surface area contributed by atoms with Gasteiger partial charge in [-0.15, -0.1) is 5.10 Å². The van der Waals surface area contributed by atoms with Crippen molar-refractivity contribution in [2.75, 3.05) is 18.1 Å². The lowest BCUT2D eigenvalue weighted by atomic mass is 9.74. The average molecular weight is 580 g/mol. The normalized spacial score (nSPS) is 19.1. The first-order chi connectivity index (χ1) is 19.4. The molecule has 0 radical (unpaired) electrons. The van der Waals surface area contributed by atoms with Crippen LogP contribution < -0.4 is 19.7 Å². The lowest BCUT2D eigenvalue weighted by Crippen LogP contribution is -2.54. The van der Waals surface area contributed by atoms with E-state index in [2.05, 4.69) is 42.3 Å². The largest absolute Gasteiger partial charge is 0.515 e. The number of pyridine rings is 1. The van der Waals surface area contributed by atoms with Crippen molar-refractivity contribution < 1.29 is 22.6 Å². The third-order valence-corrected chi connectivity index (χ3v) is 9.38. The lowest BCUT2D eigenvalue weighted by Gasteiger charge is -2.34. The SMILES string of the molecule is CC(=O)OB(NS(=O)(=O)c1ccccc1)c1ccc(-n2ccc(OCCC3(C)CC3)n2)nc1N1C[C@@H](C)CC1(C)C. The quantitative estimate of drug-likeness (QED) is 0.342. The van der Waals surface area contributed by atoms with Gasteiger partial charge in [-0.05, 0) is 69.1 Å². The molecule has 1 aliphatic heterocycles. The standard InChI is InChI=1S/C29H38BN5O5S/c1-21-19-28(3,4)34(20-21)27-24(30(40-22(2)36)33-41(37,38)23-9-7-6-8-10-23)11-12-25(31-27)35-17-13-26(32-35)39-18-16-29(5)14-15-29/h6-13,17,21,33H,14-16,18-20H2,1-5H3/t21-/m0/s1. The zero-order chi connectivity index (χ0) is 29.4. The van der Waals surface area contributed by atoms with Gasteiger partial charge >= 0.3 is 7.05 Å². The molecule has 5 rings (SSSR count). The van der Waals surface area contributed by atoms with Gasteiger partial charge in [0.05, 0.1) is 11.5 Å². The first-order valence-electron chi connectivity index (χ1n) is 14.1. The molecule has 2 aliphatic rings. The maximum atomic E-state index is 13.3. The zero-order valence-electron chi connectivity index (χ0n) is 24.3. The summed E-state index contributed by atoms with van der Waals surface area (Å²) < 4.78 is 42.3. The highest BCUT2D eigenvalue weighted by atomic mass is 32.2. The molecule has 1 aliphatic carbocycles. The molecule has 1 atom stereocenters. The highest BCUT2D eigenvalue weighted by molar-refractivity contribution is 7.90. The molecule has 3 heterocycles. The molecule has 1 N–H and O–H groups in total. The van der Waals surface area contributed by atoms with E-state index < -0.39 is 23.0 Å². The van der Waals surface area contributed by atoms with E-state index in [9.17, 15) is 13.2 Å². The summed E-state index contributed by atoms with van der Waals surface area (Å²) >= 11 is 0. The molecule has 10 nitrogen and oxygen atoms in total. The van der Waals surface area contributed by atoms with E-state index in [4.69, 9.17) is 14.4 Å². The molecule has 1 aromatic carbocycles. The van der Waals surface area contributed by atoms with Gasteiger partial charge in [0.25, 0.3) is 5.97 Å². The van der Waals surface area contributed by atoms with E-state index in [-0.39, 0.29) is 10.4 Å². The van der Waals surface area contributed by atoms with Crippen LogP contribution in [0.25, 0.3) is 5.82 Å². The fourth-order valence-electron chi connectivity index (χ4n) is 5.46. The van der Waals surface area contributed by atoms with Crippen LogP contribution in [0.1, 0.15) is 60.3 Å². The Balaban J connectivity index is 1.50. The number of nitrogens with zero attached hydrogens (tertiary/aromatic N) is 4. The average Bonchev–Trinajstić information content (AvgIpc) is 3.33. The van der Waals surface area contributed by atoms with Crippen LogP contribution in [0.4, 0.5) is 5.82 Å². The maximum absolute atomic E-state index is 13.3. The maximum Gasteiger partial charge on any atom is 0.502 e. The predicted molar refractivity (Wildman–Crippen MR) is 158 cm³/mol. The summed E-state index contributed by atoms with van der Waals surface area (Å²) in [6.45, 7) is 11.3. The molecule has 2 fully saturated rings. The molecule has 0 bridgehead atoms. The van der Waals surface area contributed by atoms with Gasteiger partial charge in [-0.3, -0.25) is 4.79 Å². The minimum atomic E-state index is -4.01. The Kier molecular flexibility index (Phi) is 7.91. The van der Waals surface area contributed by atoms with Crippen LogP contribution >= 0.6 is 0 Å². The van der Waals surface area contributed by atoms with Gasteiger partial charge in [-0.2, -0.15) is 0 Å². The van der Waals surface area contributed by atoms with Gasteiger partial charge in [0.15, 0.2) is 5.82 Å². The van der Waals surface area contributed by atoms with Crippen molar-refractivity contribution in [1.29, 1.82) is 0 Å². The Labute approximate surface area is 242 Å². The predicted octanol–water partition coefficient (Wildman–Crippen LogP) is 3.70. The molecule has 1 saturated carbocycles. The van der Waals surface area contributed by atoms with Crippen molar-refractivity contribution in [3.63, 3.8) is 0 Å². The van der Waals surface area contributed by atoms with E-state index >= 15 is 0 Å². The van der Waals surface area contributed by atoms with Gasteiger partial charge in [-0.25, -0.2) is 22.7 Å². The van der Waals surface area contributed by atoms with E-state index in [0.717, 1.165) is 12.8 Å².